The van der Waals surface area contributed by atoms with Gasteiger partial charge < -0.3 is 4.42 Å². The second-order valence-electron chi connectivity index (χ2n) is 16.7. The van der Waals surface area contributed by atoms with Gasteiger partial charge >= 0.3 is 0 Å². The molecular weight excluding hydrogens is 779 g/mol. The quantitative estimate of drug-likeness (QED) is 0.161. The number of furan rings is 1. The van der Waals surface area contributed by atoms with Crippen LogP contribution in [0.3, 0.4) is 0 Å². The van der Waals surface area contributed by atoms with Gasteiger partial charge in [-0.3, -0.25) is 0 Å². The second kappa shape index (κ2) is 15.9. The van der Waals surface area contributed by atoms with Crippen molar-refractivity contribution in [1.82, 2.24) is 15.0 Å². The largest absolute Gasteiger partial charge is 0.456 e. The molecule has 1 aliphatic rings. The minimum absolute atomic E-state index is 0.317. The molecule has 0 aliphatic heterocycles. The Bertz CT molecular complexity index is 3400. The summed E-state index contributed by atoms with van der Waals surface area (Å²) >= 11 is 0. The van der Waals surface area contributed by atoms with E-state index in [1.54, 1.807) is 0 Å². The van der Waals surface area contributed by atoms with Gasteiger partial charge in [0.25, 0.3) is 0 Å². The SMILES string of the molecule is c1ccc(-c2cccc(-c3nc(-c4cccc(-c5ccccc5)c4)nc(-c4cccc5oc6ccc(-c7ccc8c(c7)-c7ccccc7CCC8c7ccccc7)cc6c45)n3)c2)cc1. The van der Waals surface area contributed by atoms with Gasteiger partial charge in [-0.15, -0.1) is 0 Å². The molecule has 0 saturated carbocycles. The van der Waals surface area contributed by atoms with Gasteiger partial charge in [-0.1, -0.05) is 182 Å². The molecule has 0 bridgehead atoms. The molecule has 0 spiro atoms. The van der Waals surface area contributed by atoms with E-state index in [9.17, 15) is 0 Å². The van der Waals surface area contributed by atoms with E-state index in [0.29, 0.717) is 23.4 Å². The molecule has 0 amide bonds. The van der Waals surface area contributed by atoms with Gasteiger partial charge in [0, 0.05) is 33.4 Å². The van der Waals surface area contributed by atoms with Crippen molar-refractivity contribution < 1.29 is 4.42 Å². The summed E-state index contributed by atoms with van der Waals surface area (Å²) in [5, 5.41) is 1.99. The maximum Gasteiger partial charge on any atom is 0.164 e. The Labute approximate surface area is 372 Å². The van der Waals surface area contributed by atoms with Gasteiger partial charge in [0.15, 0.2) is 17.5 Å². The third kappa shape index (κ3) is 6.86. The minimum atomic E-state index is 0.317. The third-order valence-electron chi connectivity index (χ3n) is 12.8. The monoisotopic (exact) mass is 819 g/mol. The highest BCUT2D eigenvalue weighted by molar-refractivity contribution is 6.13. The lowest BCUT2D eigenvalue weighted by Crippen LogP contribution is -2.02. The topological polar surface area (TPSA) is 51.8 Å². The molecule has 2 aromatic heterocycles. The number of aromatic nitrogens is 3. The lowest BCUT2D eigenvalue weighted by molar-refractivity contribution is 0.669. The normalized spacial score (nSPS) is 13.3. The molecule has 0 saturated heterocycles. The van der Waals surface area contributed by atoms with Crippen LogP contribution in [-0.4, -0.2) is 15.0 Å². The fraction of sp³-hybridized carbons (Fsp3) is 0.0500. The van der Waals surface area contributed by atoms with Gasteiger partial charge in [-0.25, -0.2) is 15.0 Å². The number of rotatable bonds is 7. The van der Waals surface area contributed by atoms with Crippen LogP contribution in [0, 0.1) is 0 Å². The summed E-state index contributed by atoms with van der Waals surface area (Å²) in [4.78, 5) is 15.7. The van der Waals surface area contributed by atoms with Gasteiger partial charge in [0.2, 0.25) is 0 Å². The Hall–Kier alpha value is -8.21. The zero-order valence-electron chi connectivity index (χ0n) is 35.0. The number of hydrogen-bond donors (Lipinski definition) is 0. The molecule has 9 aromatic carbocycles. The summed E-state index contributed by atoms with van der Waals surface area (Å²) in [6.07, 6.45) is 2.10. The van der Waals surface area contributed by atoms with E-state index in [4.69, 9.17) is 19.4 Å². The van der Waals surface area contributed by atoms with E-state index in [1.807, 2.05) is 24.3 Å². The van der Waals surface area contributed by atoms with Crippen LogP contribution in [0.4, 0.5) is 0 Å². The highest BCUT2D eigenvalue weighted by Gasteiger charge is 2.25. The number of benzene rings is 9. The molecule has 1 atom stereocenters. The second-order valence-corrected chi connectivity index (χ2v) is 16.7. The standard InChI is InChI=1S/C60H41N3O/c1-4-15-39(16-5-1)43-22-12-24-47(35-43)58-61-59(48-25-13-23-44(36-48)40-17-6-2-7-18-40)63-60(62-58)52-27-14-28-56-57(52)54-38-46(31-34-55(54)64-56)45-30-33-51-50(41-19-8-3-9-20-41)32-29-42-21-10-11-26-49(42)53(51)37-45/h1-28,30-31,33-38,50H,29,32H2. The summed E-state index contributed by atoms with van der Waals surface area (Å²) in [6.45, 7) is 0. The zero-order chi connectivity index (χ0) is 42.4. The van der Waals surface area contributed by atoms with E-state index >= 15 is 0 Å². The van der Waals surface area contributed by atoms with Crippen molar-refractivity contribution in [3.63, 3.8) is 0 Å². The molecule has 2 heterocycles. The highest BCUT2D eigenvalue weighted by Crippen LogP contribution is 2.44. The van der Waals surface area contributed by atoms with Crippen LogP contribution in [0.15, 0.2) is 223 Å². The molecule has 0 N–H and O–H groups in total. The van der Waals surface area contributed by atoms with Crippen LogP contribution in [0.2, 0.25) is 0 Å². The number of aryl methyl sites for hydroxylation is 1. The van der Waals surface area contributed by atoms with Crippen LogP contribution in [0.25, 0.3) is 101 Å². The number of hydrogen-bond acceptors (Lipinski definition) is 4. The first-order valence-corrected chi connectivity index (χ1v) is 22.0. The Kier molecular flexibility index (Phi) is 9.34. The molecule has 0 radical (unpaired) electrons. The Morgan fingerprint density at radius 3 is 1.59 bits per heavy atom. The third-order valence-corrected chi connectivity index (χ3v) is 12.8. The summed E-state index contributed by atoms with van der Waals surface area (Å²) in [6, 6.07) is 77.5. The van der Waals surface area contributed by atoms with Crippen molar-refractivity contribution in [1.29, 1.82) is 0 Å². The molecule has 11 aromatic rings. The lowest BCUT2D eigenvalue weighted by Gasteiger charge is -2.19. The maximum absolute atomic E-state index is 6.61. The van der Waals surface area contributed by atoms with Crippen molar-refractivity contribution >= 4 is 21.9 Å². The lowest BCUT2D eigenvalue weighted by atomic mass is 9.84. The predicted octanol–water partition coefficient (Wildman–Crippen LogP) is 15.5. The van der Waals surface area contributed by atoms with Crippen molar-refractivity contribution in [2.45, 2.75) is 18.8 Å². The first-order valence-electron chi connectivity index (χ1n) is 22.0. The molecule has 64 heavy (non-hydrogen) atoms. The molecule has 4 nitrogen and oxygen atoms in total. The minimum Gasteiger partial charge on any atom is -0.456 e. The average molecular weight is 820 g/mol. The fourth-order valence-corrected chi connectivity index (χ4v) is 9.65. The van der Waals surface area contributed by atoms with Crippen LogP contribution < -0.4 is 0 Å². The maximum atomic E-state index is 6.61. The van der Waals surface area contributed by atoms with Gasteiger partial charge in [-0.2, -0.15) is 0 Å². The Balaban J connectivity index is 1.02. The molecular formula is C60H41N3O. The molecule has 302 valence electrons. The summed E-state index contributed by atoms with van der Waals surface area (Å²) < 4.78 is 6.61. The van der Waals surface area contributed by atoms with Crippen molar-refractivity contribution in [3.05, 3.63) is 235 Å². The van der Waals surface area contributed by atoms with E-state index in [1.165, 1.54) is 27.8 Å². The van der Waals surface area contributed by atoms with Crippen molar-refractivity contribution in [2.24, 2.45) is 0 Å². The smallest absolute Gasteiger partial charge is 0.164 e. The van der Waals surface area contributed by atoms with E-state index < -0.39 is 0 Å². The average Bonchev–Trinajstić information content (AvgIpc) is 3.67. The number of nitrogens with zero attached hydrogens (tertiary/aromatic N) is 3. The van der Waals surface area contributed by atoms with Gasteiger partial charge in [0.1, 0.15) is 11.2 Å². The molecule has 1 unspecified atom stereocenters. The van der Waals surface area contributed by atoms with Crippen LogP contribution in [0.5, 0.6) is 0 Å². The van der Waals surface area contributed by atoms with Gasteiger partial charge in [-0.05, 0) is 110 Å². The van der Waals surface area contributed by atoms with Crippen LogP contribution >= 0.6 is 0 Å². The molecule has 4 heteroatoms. The first-order chi connectivity index (χ1) is 31.7. The first kappa shape index (κ1) is 37.5. The van der Waals surface area contributed by atoms with Gasteiger partial charge in [0.05, 0.1) is 0 Å². The summed E-state index contributed by atoms with van der Waals surface area (Å²) in [7, 11) is 0. The Morgan fingerprint density at radius 2 is 0.891 bits per heavy atom. The van der Waals surface area contributed by atoms with E-state index in [-0.39, 0.29) is 0 Å². The van der Waals surface area contributed by atoms with Crippen molar-refractivity contribution in [2.75, 3.05) is 0 Å². The van der Waals surface area contributed by atoms with E-state index in [2.05, 4.69) is 194 Å². The van der Waals surface area contributed by atoms with Crippen LogP contribution in [-0.2, 0) is 6.42 Å². The van der Waals surface area contributed by atoms with Crippen molar-refractivity contribution in [3.8, 4) is 78.7 Å². The molecule has 12 rings (SSSR count). The molecule has 1 aliphatic carbocycles. The fourth-order valence-electron chi connectivity index (χ4n) is 9.65. The Morgan fingerprint density at radius 1 is 0.359 bits per heavy atom. The van der Waals surface area contributed by atoms with E-state index in [0.717, 1.165) is 84.9 Å². The number of fused-ring (bicyclic) bond motifs is 6. The summed E-state index contributed by atoms with van der Waals surface area (Å²) in [5.74, 6) is 2.11. The highest BCUT2D eigenvalue weighted by atomic mass is 16.3. The zero-order valence-corrected chi connectivity index (χ0v) is 35.0. The predicted molar refractivity (Wildman–Crippen MR) is 262 cm³/mol. The summed E-state index contributed by atoms with van der Waals surface area (Å²) in [5.41, 5.74) is 17.8. The molecule has 0 fully saturated rings. The van der Waals surface area contributed by atoms with Crippen LogP contribution in [0.1, 0.15) is 29.0 Å².